The lowest BCUT2D eigenvalue weighted by Gasteiger charge is -2.02. The van der Waals surface area contributed by atoms with E-state index in [0.29, 0.717) is 22.8 Å². The maximum absolute atomic E-state index is 12.2. The molecule has 6 heteroatoms. The van der Waals surface area contributed by atoms with Gasteiger partial charge in [-0.25, -0.2) is 0 Å². The van der Waals surface area contributed by atoms with E-state index in [9.17, 15) is 4.79 Å². The number of thiophene rings is 1. The van der Waals surface area contributed by atoms with Crippen LogP contribution in [0.25, 0.3) is 0 Å². The first-order valence-electron chi connectivity index (χ1n) is 4.63. The van der Waals surface area contributed by atoms with Crippen LogP contribution >= 0.6 is 38.9 Å². The monoisotopic (exact) mass is 318 g/mol. The van der Waals surface area contributed by atoms with E-state index in [4.69, 9.17) is 11.6 Å². The molecule has 2 rings (SSSR count). The van der Waals surface area contributed by atoms with Crippen LogP contribution in [0.1, 0.15) is 23.0 Å². The molecule has 0 bridgehead atoms. The zero-order valence-corrected chi connectivity index (χ0v) is 11.6. The number of halogens is 2. The van der Waals surface area contributed by atoms with Crippen molar-refractivity contribution in [2.45, 2.75) is 13.5 Å². The van der Waals surface area contributed by atoms with Gasteiger partial charge in [-0.15, -0.1) is 11.3 Å². The second kappa shape index (κ2) is 4.69. The first-order valence-corrected chi connectivity index (χ1v) is 6.68. The molecule has 0 aliphatic carbocycles. The molecule has 0 amide bonds. The summed E-state index contributed by atoms with van der Waals surface area (Å²) < 4.78 is 2.53. The number of carbonyl (C=O) groups is 1. The standard InChI is InChI=1S/C10H8BrClN2OS/c1-2-14-9(7(12)4-13-14)10(15)6-3-8(11)16-5-6/h3-5H,2H2,1H3. The minimum atomic E-state index is -0.0914. The highest BCUT2D eigenvalue weighted by molar-refractivity contribution is 9.11. The molecule has 0 aliphatic rings. The van der Waals surface area contributed by atoms with E-state index in [0.717, 1.165) is 3.79 Å². The molecule has 16 heavy (non-hydrogen) atoms. The van der Waals surface area contributed by atoms with Gasteiger partial charge in [0, 0.05) is 17.5 Å². The van der Waals surface area contributed by atoms with Gasteiger partial charge in [-0.05, 0) is 28.9 Å². The summed E-state index contributed by atoms with van der Waals surface area (Å²) in [6.07, 6.45) is 1.50. The van der Waals surface area contributed by atoms with Crippen LogP contribution in [0, 0.1) is 0 Å². The summed E-state index contributed by atoms with van der Waals surface area (Å²) in [5.41, 5.74) is 1.09. The molecule has 84 valence electrons. The van der Waals surface area contributed by atoms with Crippen molar-refractivity contribution in [3.63, 3.8) is 0 Å². The lowest BCUT2D eigenvalue weighted by atomic mass is 10.1. The molecule has 3 nitrogen and oxygen atoms in total. The summed E-state index contributed by atoms with van der Waals surface area (Å²) >= 11 is 10.8. The number of carbonyl (C=O) groups excluding carboxylic acids is 1. The molecule has 0 aromatic carbocycles. The van der Waals surface area contributed by atoms with Crippen LogP contribution in [-0.2, 0) is 6.54 Å². The fourth-order valence-electron chi connectivity index (χ4n) is 1.39. The minimum absolute atomic E-state index is 0.0914. The summed E-state index contributed by atoms with van der Waals surface area (Å²) in [5, 5.41) is 6.24. The average molecular weight is 320 g/mol. The van der Waals surface area contributed by atoms with Crippen molar-refractivity contribution in [2.24, 2.45) is 0 Å². The summed E-state index contributed by atoms with van der Waals surface area (Å²) in [7, 11) is 0. The van der Waals surface area contributed by atoms with Crippen LogP contribution in [-0.4, -0.2) is 15.6 Å². The summed E-state index contributed by atoms with van der Waals surface area (Å²) in [5.74, 6) is -0.0914. The van der Waals surface area contributed by atoms with Crippen LogP contribution in [0.15, 0.2) is 21.4 Å². The largest absolute Gasteiger partial charge is 0.287 e. The quantitative estimate of drug-likeness (QED) is 0.810. The van der Waals surface area contributed by atoms with Gasteiger partial charge >= 0.3 is 0 Å². The van der Waals surface area contributed by atoms with Crippen LogP contribution < -0.4 is 0 Å². The predicted molar refractivity (Wildman–Crippen MR) is 68.4 cm³/mol. The maximum Gasteiger partial charge on any atom is 0.213 e. The van der Waals surface area contributed by atoms with Crippen molar-refractivity contribution in [1.29, 1.82) is 0 Å². The first-order chi connectivity index (χ1) is 7.63. The van der Waals surface area contributed by atoms with Gasteiger partial charge in [0.15, 0.2) is 0 Å². The van der Waals surface area contributed by atoms with Gasteiger partial charge in [0.1, 0.15) is 5.69 Å². The van der Waals surface area contributed by atoms with Crippen LogP contribution in [0.5, 0.6) is 0 Å². The normalized spacial score (nSPS) is 10.7. The fraction of sp³-hybridized carbons (Fsp3) is 0.200. The Morgan fingerprint density at radius 2 is 2.44 bits per heavy atom. The number of aryl methyl sites for hydroxylation is 1. The zero-order chi connectivity index (χ0) is 11.7. The van der Waals surface area contributed by atoms with E-state index in [1.807, 2.05) is 6.92 Å². The van der Waals surface area contributed by atoms with Gasteiger partial charge < -0.3 is 0 Å². The second-order valence-electron chi connectivity index (χ2n) is 3.13. The SMILES string of the molecule is CCn1ncc(Cl)c1C(=O)c1csc(Br)c1. The number of hydrogen-bond donors (Lipinski definition) is 0. The number of nitrogens with zero attached hydrogens (tertiary/aromatic N) is 2. The Kier molecular flexibility index (Phi) is 3.47. The van der Waals surface area contributed by atoms with Crippen LogP contribution in [0.4, 0.5) is 0 Å². The van der Waals surface area contributed by atoms with Crippen molar-refractivity contribution in [2.75, 3.05) is 0 Å². The molecular weight excluding hydrogens is 312 g/mol. The highest BCUT2D eigenvalue weighted by Crippen LogP contribution is 2.25. The summed E-state index contributed by atoms with van der Waals surface area (Å²) in [4.78, 5) is 12.2. The summed E-state index contributed by atoms with van der Waals surface area (Å²) in [6.45, 7) is 2.54. The Hall–Kier alpha value is -0.650. The van der Waals surface area contributed by atoms with E-state index in [1.165, 1.54) is 17.5 Å². The third-order valence-electron chi connectivity index (χ3n) is 2.14. The number of rotatable bonds is 3. The molecule has 0 N–H and O–H groups in total. The highest BCUT2D eigenvalue weighted by atomic mass is 79.9. The van der Waals surface area contributed by atoms with Crippen LogP contribution in [0.2, 0.25) is 5.02 Å². The van der Waals surface area contributed by atoms with Gasteiger partial charge in [-0.3, -0.25) is 9.48 Å². The molecule has 0 radical (unpaired) electrons. The van der Waals surface area contributed by atoms with Crippen LogP contribution in [0.3, 0.4) is 0 Å². The first kappa shape index (κ1) is 11.8. The Labute approximate surface area is 110 Å². The Morgan fingerprint density at radius 3 is 3.00 bits per heavy atom. The Morgan fingerprint density at radius 1 is 1.69 bits per heavy atom. The topological polar surface area (TPSA) is 34.9 Å². The maximum atomic E-state index is 12.2. The molecule has 0 unspecified atom stereocenters. The zero-order valence-electron chi connectivity index (χ0n) is 8.41. The highest BCUT2D eigenvalue weighted by Gasteiger charge is 2.19. The van der Waals surface area contributed by atoms with Crippen molar-refractivity contribution in [3.05, 3.63) is 37.7 Å². The van der Waals surface area contributed by atoms with Gasteiger partial charge in [-0.2, -0.15) is 5.10 Å². The van der Waals surface area contributed by atoms with Crippen molar-refractivity contribution < 1.29 is 4.79 Å². The van der Waals surface area contributed by atoms with Gasteiger partial charge in [0.05, 0.1) is 15.0 Å². The molecule has 0 aliphatic heterocycles. The molecule has 0 fully saturated rings. The minimum Gasteiger partial charge on any atom is -0.287 e. The van der Waals surface area contributed by atoms with Crippen molar-refractivity contribution in [3.8, 4) is 0 Å². The van der Waals surface area contributed by atoms with Crippen molar-refractivity contribution >= 4 is 44.7 Å². The van der Waals surface area contributed by atoms with E-state index in [1.54, 1.807) is 16.1 Å². The molecule has 0 saturated heterocycles. The lowest BCUT2D eigenvalue weighted by Crippen LogP contribution is -2.10. The van der Waals surface area contributed by atoms with Gasteiger partial charge in [0.25, 0.3) is 0 Å². The number of ketones is 1. The van der Waals surface area contributed by atoms with E-state index < -0.39 is 0 Å². The summed E-state index contributed by atoms with van der Waals surface area (Å²) in [6, 6.07) is 1.79. The average Bonchev–Trinajstić information content (AvgIpc) is 2.83. The smallest absolute Gasteiger partial charge is 0.213 e. The van der Waals surface area contributed by atoms with Gasteiger partial charge in [-0.1, -0.05) is 11.6 Å². The molecular formula is C10H8BrClN2OS. The molecule has 2 aromatic heterocycles. The lowest BCUT2D eigenvalue weighted by molar-refractivity contribution is 0.102. The molecule has 2 aromatic rings. The van der Waals surface area contributed by atoms with Gasteiger partial charge in [0.2, 0.25) is 5.78 Å². The van der Waals surface area contributed by atoms with E-state index >= 15 is 0 Å². The van der Waals surface area contributed by atoms with E-state index in [2.05, 4.69) is 21.0 Å². The number of aromatic nitrogens is 2. The molecule has 0 saturated carbocycles. The predicted octanol–water partition coefficient (Wildman–Crippen LogP) is 3.61. The fourth-order valence-corrected chi connectivity index (χ4v) is 2.76. The molecule has 2 heterocycles. The number of hydrogen-bond acceptors (Lipinski definition) is 3. The van der Waals surface area contributed by atoms with E-state index in [-0.39, 0.29) is 5.78 Å². The van der Waals surface area contributed by atoms with Crippen molar-refractivity contribution in [1.82, 2.24) is 9.78 Å². The Balaban J connectivity index is 2.44. The second-order valence-corrected chi connectivity index (χ2v) is 5.82. The molecule has 0 atom stereocenters. The third kappa shape index (κ3) is 2.07. The third-order valence-corrected chi connectivity index (χ3v) is 3.92. The molecule has 0 spiro atoms. The Bertz CT molecular complexity index is 535.